The molecule has 0 heterocycles. The maximum atomic E-state index is 10.6. The standard InChI is InChI=1S/C12H17ClN2O2/c1-8(12(2,3)4)14-11-6-5-9(15(16)17)7-10(11)13/h5-8,14H,1-4H3. The van der Waals surface area contributed by atoms with E-state index in [0.29, 0.717) is 5.02 Å². The molecule has 1 aromatic rings. The van der Waals surface area contributed by atoms with Crippen molar-refractivity contribution in [3.63, 3.8) is 0 Å². The van der Waals surface area contributed by atoms with Gasteiger partial charge >= 0.3 is 0 Å². The molecule has 0 aliphatic rings. The first-order valence-corrected chi connectivity index (χ1v) is 5.80. The highest BCUT2D eigenvalue weighted by Gasteiger charge is 2.21. The molecule has 0 radical (unpaired) electrons. The molecule has 17 heavy (non-hydrogen) atoms. The van der Waals surface area contributed by atoms with Gasteiger partial charge in [-0.25, -0.2) is 0 Å². The van der Waals surface area contributed by atoms with Crippen molar-refractivity contribution >= 4 is 23.0 Å². The Labute approximate surface area is 106 Å². The van der Waals surface area contributed by atoms with Crippen molar-refractivity contribution in [2.75, 3.05) is 5.32 Å². The summed E-state index contributed by atoms with van der Waals surface area (Å²) in [4.78, 5) is 10.1. The first-order valence-electron chi connectivity index (χ1n) is 5.42. The molecule has 0 saturated heterocycles. The SMILES string of the molecule is CC(Nc1ccc([N+](=O)[O-])cc1Cl)C(C)(C)C. The number of nitrogens with one attached hydrogen (secondary N) is 1. The van der Waals surface area contributed by atoms with E-state index in [1.165, 1.54) is 12.1 Å². The predicted octanol–water partition coefficient (Wildman–Crippen LogP) is 4.09. The van der Waals surface area contributed by atoms with Crippen molar-refractivity contribution in [1.29, 1.82) is 0 Å². The van der Waals surface area contributed by atoms with Crippen LogP contribution in [0, 0.1) is 15.5 Å². The molecule has 1 aromatic carbocycles. The molecule has 0 aliphatic carbocycles. The molecular weight excluding hydrogens is 240 g/mol. The van der Waals surface area contributed by atoms with E-state index in [2.05, 4.69) is 33.0 Å². The lowest BCUT2D eigenvalue weighted by Gasteiger charge is -2.29. The van der Waals surface area contributed by atoms with Gasteiger partial charge in [-0.3, -0.25) is 10.1 Å². The minimum atomic E-state index is -0.456. The van der Waals surface area contributed by atoms with Crippen LogP contribution in [0.2, 0.25) is 5.02 Å². The monoisotopic (exact) mass is 256 g/mol. The second kappa shape index (κ2) is 4.92. The van der Waals surface area contributed by atoms with Crippen molar-refractivity contribution in [2.45, 2.75) is 33.7 Å². The summed E-state index contributed by atoms with van der Waals surface area (Å²) in [6, 6.07) is 4.66. The lowest BCUT2D eigenvalue weighted by Crippen LogP contribution is -2.30. The van der Waals surface area contributed by atoms with Gasteiger partial charge in [0.1, 0.15) is 0 Å². The molecule has 94 valence electrons. The van der Waals surface area contributed by atoms with E-state index in [1.54, 1.807) is 6.07 Å². The number of nitro benzene ring substituents is 1. The van der Waals surface area contributed by atoms with Gasteiger partial charge in [0.05, 0.1) is 15.6 Å². The lowest BCUT2D eigenvalue weighted by molar-refractivity contribution is -0.384. The molecular formula is C12H17ClN2O2. The van der Waals surface area contributed by atoms with Crippen LogP contribution in [0.1, 0.15) is 27.7 Å². The molecule has 0 aliphatic heterocycles. The Morgan fingerprint density at radius 1 is 1.41 bits per heavy atom. The summed E-state index contributed by atoms with van der Waals surface area (Å²) in [6.45, 7) is 8.40. The van der Waals surface area contributed by atoms with Crippen molar-refractivity contribution in [1.82, 2.24) is 0 Å². The van der Waals surface area contributed by atoms with Crippen molar-refractivity contribution in [3.05, 3.63) is 33.3 Å². The van der Waals surface area contributed by atoms with Gasteiger partial charge in [0, 0.05) is 18.2 Å². The van der Waals surface area contributed by atoms with Gasteiger partial charge in [-0.05, 0) is 18.4 Å². The van der Waals surface area contributed by atoms with E-state index in [1.807, 2.05) is 0 Å². The van der Waals surface area contributed by atoms with Crippen LogP contribution in [0.5, 0.6) is 0 Å². The van der Waals surface area contributed by atoms with Crippen LogP contribution in [-0.4, -0.2) is 11.0 Å². The Bertz CT molecular complexity index is 427. The Balaban J connectivity index is 2.90. The van der Waals surface area contributed by atoms with E-state index in [-0.39, 0.29) is 17.1 Å². The molecule has 0 spiro atoms. The highest BCUT2D eigenvalue weighted by Crippen LogP contribution is 2.30. The van der Waals surface area contributed by atoms with Crippen molar-refractivity contribution in [2.24, 2.45) is 5.41 Å². The first kappa shape index (κ1) is 13.8. The minimum absolute atomic E-state index is 0.00367. The Kier molecular flexibility index (Phi) is 3.98. The minimum Gasteiger partial charge on any atom is -0.381 e. The van der Waals surface area contributed by atoms with E-state index >= 15 is 0 Å². The average molecular weight is 257 g/mol. The van der Waals surface area contributed by atoms with Crippen molar-refractivity contribution < 1.29 is 4.92 Å². The lowest BCUT2D eigenvalue weighted by atomic mass is 9.88. The summed E-state index contributed by atoms with van der Waals surface area (Å²) >= 11 is 6.00. The quantitative estimate of drug-likeness (QED) is 0.654. The van der Waals surface area contributed by atoms with Crippen LogP contribution in [0.3, 0.4) is 0 Å². The maximum Gasteiger partial charge on any atom is 0.271 e. The van der Waals surface area contributed by atoms with Gasteiger partial charge < -0.3 is 5.32 Å². The van der Waals surface area contributed by atoms with Gasteiger partial charge in [0.2, 0.25) is 0 Å². The Morgan fingerprint density at radius 3 is 2.41 bits per heavy atom. The van der Waals surface area contributed by atoms with Gasteiger partial charge in [-0.2, -0.15) is 0 Å². The molecule has 1 rings (SSSR count). The maximum absolute atomic E-state index is 10.6. The summed E-state index contributed by atoms with van der Waals surface area (Å²) in [5, 5.41) is 14.2. The fraction of sp³-hybridized carbons (Fsp3) is 0.500. The third kappa shape index (κ3) is 3.60. The number of benzene rings is 1. The van der Waals surface area contributed by atoms with Gasteiger partial charge in [0.25, 0.3) is 5.69 Å². The van der Waals surface area contributed by atoms with Gasteiger partial charge in [-0.1, -0.05) is 32.4 Å². The summed E-state index contributed by atoms with van der Waals surface area (Å²) in [7, 11) is 0. The second-order valence-corrected chi connectivity index (χ2v) is 5.56. The molecule has 5 heteroatoms. The third-order valence-electron chi connectivity index (χ3n) is 2.83. The number of anilines is 1. The molecule has 0 bridgehead atoms. The number of nitro groups is 1. The fourth-order valence-electron chi connectivity index (χ4n) is 1.18. The number of non-ortho nitro benzene ring substituents is 1. The molecule has 1 N–H and O–H groups in total. The largest absolute Gasteiger partial charge is 0.381 e. The van der Waals surface area contributed by atoms with Gasteiger partial charge in [0.15, 0.2) is 0 Å². The fourth-order valence-corrected chi connectivity index (χ4v) is 1.41. The number of halogens is 1. The number of hydrogen-bond acceptors (Lipinski definition) is 3. The van der Waals surface area contributed by atoms with E-state index in [0.717, 1.165) is 5.69 Å². The number of rotatable bonds is 3. The summed E-state index contributed by atoms with van der Waals surface area (Å²) < 4.78 is 0. The van der Waals surface area contributed by atoms with Crippen LogP contribution < -0.4 is 5.32 Å². The topological polar surface area (TPSA) is 55.2 Å². The van der Waals surface area contributed by atoms with Crippen LogP contribution >= 0.6 is 11.6 Å². The third-order valence-corrected chi connectivity index (χ3v) is 3.15. The highest BCUT2D eigenvalue weighted by molar-refractivity contribution is 6.33. The molecule has 4 nitrogen and oxygen atoms in total. The molecule has 0 amide bonds. The highest BCUT2D eigenvalue weighted by atomic mass is 35.5. The van der Waals surface area contributed by atoms with E-state index in [9.17, 15) is 10.1 Å². The number of nitrogens with zero attached hydrogens (tertiary/aromatic N) is 1. The number of hydrogen-bond donors (Lipinski definition) is 1. The van der Waals surface area contributed by atoms with E-state index < -0.39 is 4.92 Å². The van der Waals surface area contributed by atoms with Crippen molar-refractivity contribution in [3.8, 4) is 0 Å². The molecule has 1 atom stereocenters. The van der Waals surface area contributed by atoms with Crippen LogP contribution in [0.15, 0.2) is 18.2 Å². The zero-order valence-electron chi connectivity index (χ0n) is 10.5. The summed E-state index contributed by atoms with van der Waals surface area (Å²) in [5.74, 6) is 0. The zero-order chi connectivity index (χ0) is 13.2. The molecule has 0 fully saturated rings. The normalized spacial score (nSPS) is 13.2. The summed E-state index contributed by atoms with van der Waals surface area (Å²) in [5.41, 5.74) is 0.814. The second-order valence-electron chi connectivity index (χ2n) is 5.15. The molecule has 0 aromatic heterocycles. The zero-order valence-corrected chi connectivity index (χ0v) is 11.2. The Morgan fingerprint density at radius 2 is 2.00 bits per heavy atom. The Hall–Kier alpha value is -1.29. The molecule has 0 saturated carbocycles. The van der Waals surface area contributed by atoms with E-state index in [4.69, 9.17) is 11.6 Å². The smallest absolute Gasteiger partial charge is 0.271 e. The molecule has 1 unspecified atom stereocenters. The van der Waals surface area contributed by atoms with Crippen LogP contribution in [-0.2, 0) is 0 Å². The van der Waals surface area contributed by atoms with Crippen LogP contribution in [0.25, 0.3) is 0 Å². The van der Waals surface area contributed by atoms with Gasteiger partial charge in [-0.15, -0.1) is 0 Å². The first-order chi connectivity index (χ1) is 7.71. The van der Waals surface area contributed by atoms with Crippen LogP contribution in [0.4, 0.5) is 11.4 Å². The predicted molar refractivity (Wildman–Crippen MR) is 70.6 cm³/mol. The average Bonchev–Trinajstić information content (AvgIpc) is 2.19. The summed E-state index contributed by atoms with van der Waals surface area (Å²) in [6.07, 6.45) is 0.